The fourth-order valence-electron chi connectivity index (χ4n) is 1.82. The van der Waals surface area contributed by atoms with Crippen LogP contribution < -0.4 is 10.6 Å². The van der Waals surface area contributed by atoms with Crippen molar-refractivity contribution in [1.82, 2.24) is 10.2 Å². The van der Waals surface area contributed by atoms with E-state index in [1.807, 2.05) is 0 Å². The summed E-state index contributed by atoms with van der Waals surface area (Å²) >= 11 is 0. The highest BCUT2D eigenvalue weighted by molar-refractivity contribution is 5.96. The van der Waals surface area contributed by atoms with Gasteiger partial charge in [0, 0.05) is 19.0 Å². The number of rotatable bonds is 3. The van der Waals surface area contributed by atoms with E-state index in [4.69, 9.17) is 5.73 Å². The largest absolute Gasteiger partial charge is 0.464 e. The van der Waals surface area contributed by atoms with Gasteiger partial charge >= 0.3 is 5.97 Å². The maximum absolute atomic E-state index is 11.7. The van der Waals surface area contributed by atoms with Crippen molar-refractivity contribution in [2.75, 3.05) is 25.1 Å². The summed E-state index contributed by atoms with van der Waals surface area (Å²) in [5.41, 5.74) is 5.76. The van der Waals surface area contributed by atoms with Gasteiger partial charge in [0.25, 0.3) is 0 Å². The summed E-state index contributed by atoms with van der Waals surface area (Å²) in [6.07, 6.45) is 0.427. The third-order valence-electron chi connectivity index (χ3n) is 2.78. The molecule has 3 N–H and O–H groups in total. The van der Waals surface area contributed by atoms with Crippen molar-refractivity contribution in [1.29, 1.82) is 0 Å². The second-order valence-corrected chi connectivity index (χ2v) is 3.94. The molecule has 1 aliphatic rings. The van der Waals surface area contributed by atoms with E-state index in [1.165, 1.54) is 18.1 Å². The zero-order chi connectivity index (χ0) is 12.4. The molecule has 1 unspecified atom stereocenters. The number of aromatic amines is 1. The Morgan fingerprint density at radius 1 is 1.76 bits per heavy atom. The maximum Gasteiger partial charge on any atom is 0.356 e. The van der Waals surface area contributed by atoms with E-state index >= 15 is 0 Å². The predicted octanol–water partition coefficient (Wildman–Crippen LogP) is -0.492. The SMILES string of the molecule is COC(=O)c1cc(N2CC(CN)CC2=O)n[nH]1. The minimum absolute atomic E-state index is 0.0247. The standard InChI is InChI=1S/C10H14N4O3/c1-17-10(16)7-3-8(13-12-7)14-5-6(4-11)2-9(14)15/h3,6H,2,4-5,11H2,1H3,(H,12,13). The first-order chi connectivity index (χ1) is 8.15. The van der Waals surface area contributed by atoms with Gasteiger partial charge in [-0.25, -0.2) is 4.79 Å². The van der Waals surface area contributed by atoms with E-state index in [2.05, 4.69) is 14.9 Å². The molecule has 0 aromatic carbocycles. The Labute approximate surface area is 97.9 Å². The average Bonchev–Trinajstić information content (AvgIpc) is 2.94. The predicted molar refractivity (Wildman–Crippen MR) is 59.4 cm³/mol. The number of carbonyl (C=O) groups excluding carboxylic acids is 2. The van der Waals surface area contributed by atoms with E-state index in [-0.39, 0.29) is 17.5 Å². The lowest BCUT2D eigenvalue weighted by molar-refractivity contribution is -0.117. The quantitative estimate of drug-likeness (QED) is 0.692. The summed E-state index contributed by atoms with van der Waals surface area (Å²) < 4.78 is 4.55. The molecule has 7 nitrogen and oxygen atoms in total. The lowest BCUT2D eigenvalue weighted by Crippen LogP contribution is -2.26. The third kappa shape index (κ3) is 2.14. The van der Waals surface area contributed by atoms with E-state index in [0.717, 1.165) is 0 Å². The van der Waals surface area contributed by atoms with E-state index in [1.54, 1.807) is 0 Å². The Balaban J connectivity index is 2.15. The number of nitrogens with zero attached hydrogens (tertiary/aromatic N) is 2. The Bertz CT molecular complexity index is 443. The molecule has 0 saturated carbocycles. The average molecular weight is 238 g/mol. The summed E-state index contributed by atoms with van der Waals surface area (Å²) in [7, 11) is 1.29. The molecule has 92 valence electrons. The third-order valence-corrected chi connectivity index (χ3v) is 2.78. The Morgan fingerprint density at radius 2 is 2.53 bits per heavy atom. The van der Waals surface area contributed by atoms with Crippen LogP contribution in [0, 0.1) is 5.92 Å². The lowest BCUT2D eigenvalue weighted by atomic mass is 10.1. The number of nitrogens with one attached hydrogen (secondary N) is 1. The number of anilines is 1. The first-order valence-corrected chi connectivity index (χ1v) is 5.30. The van der Waals surface area contributed by atoms with Crippen LogP contribution in [0.5, 0.6) is 0 Å². The van der Waals surface area contributed by atoms with Gasteiger partial charge in [-0.15, -0.1) is 0 Å². The molecule has 1 amide bonds. The second-order valence-electron chi connectivity index (χ2n) is 3.94. The smallest absolute Gasteiger partial charge is 0.356 e. The van der Waals surface area contributed by atoms with Crippen molar-refractivity contribution in [3.8, 4) is 0 Å². The minimum Gasteiger partial charge on any atom is -0.464 e. The van der Waals surface area contributed by atoms with Crippen molar-refractivity contribution in [3.63, 3.8) is 0 Å². The molecule has 1 aliphatic heterocycles. The van der Waals surface area contributed by atoms with Gasteiger partial charge in [0.2, 0.25) is 5.91 Å². The van der Waals surface area contributed by atoms with E-state index in [0.29, 0.717) is 25.3 Å². The topological polar surface area (TPSA) is 101 Å². The number of methoxy groups -OCH3 is 1. The van der Waals surface area contributed by atoms with Crippen molar-refractivity contribution in [3.05, 3.63) is 11.8 Å². The van der Waals surface area contributed by atoms with Gasteiger partial charge in [-0.2, -0.15) is 5.10 Å². The van der Waals surface area contributed by atoms with Gasteiger partial charge in [-0.1, -0.05) is 0 Å². The lowest BCUT2D eigenvalue weighted by Gasteiger charge is -2.11. The second kappa shape index (κ2) is 4.54. The molecule has 1 aromatic heterocycles. The highest BCUT2D eigenvalue weighted by atomic mass is 16.5. The molecule has 7 heteroatoms. The number of amides is 1. The van der Waals surface area contributed by atoms with Gasteiger partial charge in [-0.05, 0) is 12.5 Å². The van der Waals surface area contributed by atoms with Gasteiger partial charge < -0.3 is 10.5 Å². The van der Waals surface area contributed by atoms with Crippen LogP contribution in [0.3, 0.4) is 0 Å². The van der Waals surface area contributed by atoms with Crippen molar-refractivity contribution < 1.29 is 14.3 Å². The van der Waals surface area contributed by atoms with Crippen LogP contribution in [0.1, 0.15) is 16.9 Å². The molecule has 0 bridgehead atoms. The van der Waals surface area contributed by atoms with Gasteiger partial charge in [0.15, 0.2) is 5.82 Å². The van der Waals surface area contributed by atoms with Crippen molar-refractivity contribution in [2.24, 2.45) is 11.7 Å². The van der Waals surface area contributed by atoms with E-state index in [9.17, 15) is 9.59 Å². The zero-order valence-corrected chi connectivity index (χ0v) is 9.47. The normalized spacial score (nSPS) is 19.8. The van der Waals surface area contributed by atoms with E-state index < -0.39 is 5.97 Å². The van der Waals surface area contributed by atoms with Gasteiger partial charge in [0.1, 0.15) is 5.69 Å². The van der Waals surface area contributed by atoms with Crippen LogP contribution in [0.4, 0.5) is 5.82 Å². The fourth-order valence-corrected chi connectivity index (χ4v) is 1.82. The number of hydrogen-bond acceptors (Lipinski definition) is 5. The van der Waals surface area contributed by atoms with Crippen LogP contribution in [0.15, 0.2) is 6.07 Å². The molecule has 1 fully saturated rings. The van der Waals surface area contributed by atoms with Crippen LogP contribution in [0.25, 0.3) is 0 Å². The zero-order valence-electron chi connectivity index (χ0n) is 9.47. The van der Waals surface area contributed by atoms with Crippen LogP contribution in [-0.4, -0.2) is 42.3 Å². The number of aromatic nitrogens is 2. The first kappa shape index (κ1) is 11.6. The summed E-state index contributed by atoms with van der Waals surface area (Å²) in [5.74, 6) is 0.0567. The Kier molecular flexibility index (Phi) is 3.10. The molecule has 1 aromatic rings. The van der Waals surface area contributed by atoms with Gasteiger partial charge in [-0.3, -0.25) is 14.8 Å². The minimum atomic E-state index is -0.509. The molecule has 0 spiro atoms. The van der Waals surface area contributed by atoms with Crippen LogP contribution in [0.2, 0.25) is 0 Å². The fraction of sp³-hybridized carbons (Fsp3) is 0.500. The summed E-state index contributed by atoms with van der Waals surface area (Å²) in [6.45, 7) is 1.01. The summed E-state index contributed by atoms with van der Waals surface area (Å²) in [5, 5.41) is 6.46. The molecular formula is C10H14N4O3. The number of ether oxygens (including phenoxy) is 1. The molecule has 2 heterocycles. The Morgan fingerprint density at radius 3 is 3.12 bits per heavy atom. The molecule has 0 radical (unpaired) electrons. The maximum atomic E-state index is 11.7. The highest BCUT2D eigenvalue weighted by Crippen LogP contribution is 2.23. The molecule has 1 saturated heterocycles. The molecule has 2 rings (SSSR count). The van der Waals surface area contributed by atoms with Crippen molar-refractivity contribution in [2.45, 2.75) is 6.42 Å². The Hall–Kier alpha value is -1.89. The number of nitrogens with two attached hydrogens (primary N) is 1. The number of esters is 1. The summed E-state index contributed by atoms with van der Waals surface area (Å²) in [4.78, 5) is 24.4. The number of hydrogen-bond donors (Lipinski definition) is 2. The van der Waals surface area contributed by atoms with Crippen LogP contribution in [-0.2, 0) is 9.53 Å². The van der Waals surface area contributed by atoms with Crippen molar-refractivity contribution >= 4 is 17.7 Å². The highest BCUT2D eigenvalue weighted by Gasteiger charge is 2.31. The number of H-pyrrole nitrogens is 1. The first-order valence-electron chi connectivity index (χ1n) is 5.30. The molecular weight excluding hydrogens is 224 g/mol. The monoisotopic (exact) mass is 238 g/mol. The summed E-state index contributed by atoms with van der Waals surface area (Å²) in [6, 6.07) is 1.50. The molecule has 17 heavy (non-hydrogen) atoms. The molecule has 0 aliphatic carbocycles. The van der Waals surface area contributed by atoms with Gasteiger partial charge in [0.05, 0.1) is 7.11 Å². The van der Waals surface area contributed by atoms with Crippen LogP contribution >= 0.6 is 0 Å². The molecule has 1 atom stereocenters. The number of carbonyl (C=O) groups is 2.